The zero-order valence-corrected chi connectivity index (χ0v) is 12.8. The maximum Gasteiger partial charge on any atom is 0.253 e. The van der Waals surface area contributed by atoms with E-state index in [9.17, 15) is 14.7 Å². The van der Waals surface area contributed by atoms with Crippen molar-refractivity contribution in [3.63, 3.8) is 0 Å². The molecule has 0 spiro atoms. The summed E-state index contributed by atoms with van der Waals surface area (Å²) in [5.41, 5.74) is 7.15. The summed E-state index contributed by atoms with van der Waals surface area (Å²) < 4.78 is 0. The number of benzene rings is 2. The van der Waals surface area contributed by atoms with E-state index in [2.05, 4.69) is 0 Å². The first-order valence-corrected chi connectivity index (χ1v) is 7.45. The summed E-state index contributed by atoms with van der Waals surface area (Å²) in [7, 11) is 0. The predicted molar refractivity (Wildman–Crippen MR) is 88.1 cm³/mol. The van der Waals surface area contributed by atoms with E-state index in [4.69, 9.17) is 5.73 Å². The maximum absolute atomic E-state index is 12.5. The number of nitrogens with two attached hydrogens (primary N) is 1. The van der Waals surface area contributed by atoms with Gasteiger partial charge < -0.3 is 15.7 Å². The second-order valence-electron chi connectivity index (χ2n) is 5.19. The molecule has 0 aliphatic carbocycles. The summed E-state index contributed by atoms with van der Waals surface area (Å²) in [6.45, 7) is 0.685. The van der Waals surface area contributed by atoms with E-state index >= 15 is 0 Å². The highest BCUT2D eigenvalue weighted by Gasteiger charge is 2.15. The van der Waals surface area contributed by atoms with Gasteiger partial charge in [-0.05, 0) is 36.2 Å². The third-order valence-electron chi connectivity index (χ3n) is 3.59. The molecule has 0 atom stereocenters. The van der Waals surface area contributed by atoms with Crippen LogP contribution in [0.4, 0.5) is 0 Å². The Morgan fingerprint density at radius 3 is 2.09 bits per heavy atom. The van der Waals surface area contributed by atoms with E-state index in [1.165, 1.54) is 12.1 Å². The third kappa shape index (κ3) is 4.66. The van der Waals surface area contributed by atoms with Crippen molar-refractivity contribution in [3.8, 4) is 0 Å². The highest BCUT2D eigenvalue weighted by Crippen LogP contribution is 2.09. The normalized spacial score (nSPS) is 10.3. The van der Waals surface area contributed by atoms with Crippen molar-refractivity contribution in [1.29, 1.82) is 0 Å². The minimum atomic E-state index is -0.528. The number of primary amides is 1. The smallest absolute Gasteiger partial charge is 0.253 e. The fourth-order valence-corrected chi connectivity index (χ4v) is 2.30. The zero-order chi connectivity index (χ0) is 16.7. The largest absolute Gasteiger partial charge is 0.395 e. The SMILES string of the molecule is NC(=O)c1ccc(C(=O)N(CCO)CCc2ccccc2)cc1. The van der Waals surface area contributed by atoms with Crippen LogP contribution in [0.15, 0.2) is 54.6 Å². The Balaban J connectivity index is 2.06. The van der Waals surface area contributed by atoms with Crippen LogP contribution >= 0.6 is 0 Å². The van der Waals surface area contributed by atoms with E-state index < -0.39 is 5.91 Å². The molecule has 5 nitrogen and oxygen atoms in total. The molecule has 0 heterocycles. The summed E-state index contributed by atoms with van der Waals surface area (Å²) in [4.78, 5) is 25.2. The molecule has 2 aromatic carbocycles. The van der Waals surface area contributed by atoms with Gasteiger partial charge in [0.2, 0.25) is 5.91 Å². The molecule has 2 aromatic rings. The Kier molecular flexibility index (Phi) is 5.88. The Bertz CT molecular complexity index is 654. The van der Waals surface area contributed by atoms with Gasteiger partial charge in [0.15, 0.2) is 0 Å². The van der Waals surface area contributed by atoms with Gasteiger partial charge in [0.25, 0.3) is 5.91 Å². The van der Waals surface area contributed by atoms with Gasteiger partial charge in [-0.2, -0.15) is 0 Å². The first kappa shape index (κ1) is 16.7. The molecule has 3 N–H and O–H groups in total. The van der Waals surface area contributed by atoms with E-state index in [1.807, 2.05) is 30.3 Å². The number of hydrogen-bond acceptors (Lipinski definition) is 3. The van der Waals surface area contributed by atoms with Gasteiger partial charge in [-0.25, -0.2) is 0 Å². The second kappa shape index (κ2) is 8.10. The molecule has 120 valence electrons. The second-order valence-corrected chi connectivity index (χ2v) is 5.19. The minimum Gasteiger partial charge on any atom is -0.395 e. The van der Waals surface area contributed by atoms with Gasteiger partial charge in [-0.15, -0.1) is 0 Å². The van der Waals surface area contributed by atoms with Crippen LogP contribution in [-0.2, 0) is 6.42 Å². The van der Waals surface area contributed by atoms with Crippen LogP contribution in [0.3, 0.4) is 0 Å². The van der Waals surface area contributed by atoms with Crippen molar-refractivity contribution in [2.24, 2.45) is 5.73 Å². The average molecular weight is 312 g/mol. The number of hydrogen-bond donors (Lipinski definition) is 2. The number of rotatable bonds is 7. The molecule has 5 heteroatoms. The van der Waals surface area contributed by atoms with Gasteiger partial charge in [0.05, 0.1) is 6.61 Å². The minimum absolute atomic E-state index is 0.0973. The fourth-order valence-electron chi connectivity index (χ4n) is 2.30. The first-order chi connectivity index (χ1) is 11.1. The molecule has 0 saturated heterocycles. The first-order valence-electron chi connectivity index (χ1n) is 7.45. The standard InChI is InChI=1S/C18H20N2O3/c19-17(22)15-6-8-16(9-7-15)18(23)20(12-13-21)11-10-14-4-2-1-3-5-14/h1-9,21H,10-13H2,(H2,19,22). The summed E-state index contributed by atoms with van der Waals surface area (Å²) in [5, 5.41) is 9.19. The quantitative estimate of drug-likeness (QED) is 0.812. The molecule has 2 amide bonds. The molecule has 0 aliphatic rings. The lowest BCUT2D eigenvalue weighted by molar-refractivity contribution is 0.0723. The molecule has 0 unspecified atom stereocenters. The van der Waals surface area contributed by atoms with Crippen molar-refractivity contribution < 1.29 is 14.7 Å². The molecule has 0 saturated carbocycles. The topological polar surface area (TPSA) is 83.6 Å². The third-order valence-corrected chi connectivity index (χ3v) is 3.59. The van der Waals surface area contributed by atoms with Crippen molar-refractivity contribution in [3.05, 3.63) is 71.3 Å². The number of aliphatic hydroxyl groups is 1. The molecule has 0 fully saturated rings. The van der Waals surface area contributed by atoms with Crippen LogP contribution in [0.5, 0.6) is 0 Å². The van der Waals surface area contributed by atoms with Crippen molar-refractivity contribution in [1.82, 2.24) is 4.90 Å². The predicted octanol–water partition coefficient (Wildman–Crippen LogP) is 1.46. The monoisotopic (exact) mass is 312 g/mol. The van der Waals surface area contributed by atoms with E-state index in [0.717, 1.165) is 5.56 Å². The molecule has 2 rings (SSSR count). The highest BCUT2D eigenvalue weighted by atomic mass is 16.3. The number of nitrogens with zero attached hydrogens (tertiary/aromatic N) is 1. The van der Waals surface area contributed by atoms with Crippen LogP contribution in [-0.4, -0.2) is 41.5 Å². The molecular formula is C18H20N2O3. The van der Waals surface area contributed by atoms with E-state index in [0.29, 0.717) is 24.1 Å². The number of carbonyl (C=O) groups excluding carboxylic acids is 2. The molecule has 23 heavy (non-hydrogen) atoms. The highest BCUT2D eigenvalue weighted by molar-refractivity contribution is 5.97. The molecule has 0 radical (unpaired) electrons. The fraction of sp³-hybridized carbons (Fsp3) is 0.222. The zero-order valence-electron chi connectivity index (χ0n) is 12.8. The van der Waals surface area contributed by atoms with Crippen LogP contribution in [0.2, 0.25) is 0 Å². The van der Waals surface area contributed by atoms with Crippen molar-refractivity contribution >= 4 is 11.8 Å². The molecule has 0 aliphatic heterocycles. The van der Waals surface area contributed by atoms with Crippen LogP contribution < -0.4 is 5.73 Å². The lowest BCUT2D eigenvalue weighted by atomic mass is 10.1. The van der Waals surface area contributed by atoms with Crippen molar-refractivity contribution in [2.45, 2.75) is 6.42 Å². The van der Waals surface area contributed by atoms with Gasteiger partial charge >= 0.3 is 0 Å². The molecule has 0 aromatic heterocycles. The summed E-state index contributed by atoms with van der Waals surface area (Å²) in [6.07, 6.45) is 0.714. The summed E-state index contributed by atoms with van der Waals surface area (Å²) in [5.74, 6) is -0.703. The summed E-state index contributed by atoms with van der Waals surface area (Å²) in [6, 6.07) is 16.1. The van der Waals surface area contributed by atoms with E-state index in [1.54, 1.807) is 17.0 Å². The van der Waals surface area contributed by atoms with Crippen molar-refractivity contribution in [2.75, 3.05) is 19.7 Å². The number of amides is 2. The lowest BCUT2D eigenvalue weighted by Crippen LogP contribution is -2.35. The average Bonchev–Trinajstić information content (AvgIpc) is 2.59. The van der Waals surface area contributed by atoms with Gasteiger partial charge in [0, 0.05) is 24.2 Å². The lowest BCUT2D eigenvalue weighted by Gasteiger charge is -2.22. The number of aliphatic hydroxyl groups excluding tert-OH is 1. The van der Waals surface area contributed by atoms with E-state index in [-0.39, 0.29) is 19.1 Å². The van der Waals surface area contributed by atoms with Gasteiger partial charge in [0.1, 0.15) is 0 Å². The number of carbonyl (C=O) groups is 2. The molecule has 0 bridgehead atoms. The summed E-state index contributed by atoms with van der Waals surface area (Å²) >= 11 is 0. The Morgan fingerprint density at radius 2 is 1.52 bits per heavy atom. The van der Waals surface area contributed by atoms with Crippen LogP contribution in [0.1, 0.15) is 26.3 Å². The van der Waals surface area contributed by atoms with Gasteiger partial charge in [-0.3, -0.25) is 9.59 Å². The molecular weight excluding hydrogens is 292 g/mol. The Morgan fingerprint density at radius 1 is 0.913 bits per heavy atom. The van der Waals surface area contributed by atoms with Crippen LogP contribution in [0, 0.1) is 0 Å². The van der Waals surface area contributed by atoms with Gasteiger partial charge in [-0.1, -0.05) is 30.3 Å². The Hall–Kier alpha value is -2.66. The van der Waals surface area contributed by atoms with Crippen LogP contribution in [0.25, 0.3) is 0 Å². The maximum atomic E-state index is 12.5. The Labute approximate surface area is 135 Å².